The van der Waals surface area contributed by atoms with Crippen molar-refractivity contribution in [3.8, 4) is 22.3 Å². The second-order valence-electron chi connectivity index (χ2n) is 22.4. The number of fused-ring (bicyclic) bond motifs is 4. The average Bonchev–Trinajstić information content (AvgIpc) is 4.23. The highest BCUT2D eigenvalue weighted by molar-refractivity contribution is 5.90. The minimum absolute atomic E-state index is 0.000471. The Kier molecular flexibility index (Phi) is 15.0. The number of ether oxygens (including phenoxy) is 1. The normalized spacial score (nSPS) is 22.5. The van der Waals surface area contributed by atoms with E-state index in [1.54, 1.807) is 0 Å². The molecule has 2 saturated heterocycles. The molecule has 4 aromatic carbocycles. The summed E-state index contributed by atoms with van der Waals surface area (Å²) in [5, 5.41) is 5.91. The highest BCUT2D eigenvalue weighted by atomic mass is 16.5. The zero-order valence-corrected chi connectivity index (χ0v) is 44.5. The van der Waals surface area contributed by atoms with E-state index in [0.717, 1.165) is 122 Å². The number of H-pyrrole nitrogens is 2. The molecule has 2 saturated carbocycles. The predicted molar refractivity (Wildman–Crippen MR) is 291 cm³/mol. The van der Waals surface area contributed by atoms with Gasteiger partial charge in [-0.2, -0.15) is 0 Å². The molecule has 0 spiro atoms. The Morgan fingerprint density at radius 1 is 0.635 bits per heavy atom. The lowest BCUT2D eigenvalue weighted by Crippen LogP contribution is -2.53. The topological polar surface area (TPSA) is 165 Å². The van der Waals surface area contributed by atoms with Crippen molar-refractivity contribution >= 4 is 45.9 Å². The van der Waals surface area contributed by atoms with Crippen molar-refractivity contribution in [2.24, 2.45) is 23.7 Å². The highest BCUT2D eigenvalue weighted by Crippen LogP contribution is 2.48. The number of aryl methyl sites for hydroxylation is 3. The molecule has 4 heterocycles. The van der Waals surface area contributed by atoms with E-state index in [4.69, 9.17) is 14.7 Å². The summed E-state index contributed by atoms with van der Waals surface area (Å²) in [5.41, 5.74) is 11.9. The van der Waals surface area contributed by atoms with E-state index in [2.05, 4.69) is 111 Å². The molecule has 4 fully saturated rings. The van der Waals surface area contributed by atoms with Gasteiger partial charge < -0.3 is 35.1 Å². The predicted octanol–water partition coefficient (Wildman–Crippen LogP) is 11.7. The minimum Gasteiger partial charge on any atom is -0.453 e. The summed E-state index contributed by atoms with van der Waals surface area (Å²) in [6.45, 7) is 12.0. The van der Waals surface area contributed by atoms with Gasteiger partial charge in [-0.05, 0) is 145 Å². The summed E-state index contributed by atoms with van der Waals surface area (Å²) >= 11 is 0. The van der Waals surface area contributed by atoms with Crippen LogP contribution in [0.4, 0.5) is 4.79 Å². The largest absolute Gasteiger partial charge is 0.453 e. The molecule has 390 valence electrons. The first kappa shape index (κ1) is 51.0. The van der Waals surface area contributed by atoms with Crippen LogP contribution >= 0.6 is 0 Å². The second-order valence-corrected chi connectivity index (χ2v) is 22.4. The van der Waals surface area contributed by atoms with Gasteiger partial charge in [0.05, 0.1) is 41.3 Å². The van der Waals surface area contributed by atoms with Crippen LogP contribution in [0.15, 0.2) is 78.9 Å². The van der Waals surface area contributed by atoms with Crippen molar-refractivity contribution in [1.82, 2.24) is 40.4 Å². The Morgan fingerprint density at radius 2 is 1.14 bits per heavy atom. The number of carbonyl (C=O) groups excluding carboxylic acids is 4. The van der Waals surface area contributed by atoms with E-state index in [0.29, 0.717) is 18.3 Å². The lowest BCUT2D eigenvalue weighted by Gasteiger charge is -2.37. The number of amides is 4. The Bertz CT molecular complexity index is 3010. The van der Waals surface area contributed by atoms with Crippen LogP contribution in [0.1, 0.15) is 153 Å². The lowest BCUT2D eigenvalue weighted by molar-refractivity contribution is -0.141. The molecule has 6 aromatic rings. The van der Waals surface area contributed by atoms with E-state index in [1.165, 1.54) is 41.3 Å². The first-order valence-corrected chi connectivity index (χ1v) is 27.8. The van der Waals surface area contributed by atoms with E-state index >= 15 is 0 Å². The van der Waals surface area contributed by atoms with Crippen molar-refractivity contribution < 1.29 is 23.9 Å². The summed E-state index contributed by atoms with van der Waals surface area (Å²) in [7, 11) is 1.33. The van der Waals surface area contributed by atoms with Crippen LogP contribution in [0.3, 0.4) is 0 Å². The summed E-state index contributed by atoms with van der Waals surface area (Å²) < 4.78 is 4.95. The van der Waals surface area contributed by atoms with Crippen LogP contribution in [0.25, 0.3) is 44.3 Å². The fraction of sp³-hybridized carbons (Fsp3) is 0.508. The lowest BCUT2D eigenvalue weighted by atomic mass is 9.84. The third-order valence-electron chi connectivity index (χ3n) is 17.1. The molecule has 4 N–H and O–H groups in total. The van der Waals surface area contributed by atoms with E-state index in [1.807, 2.05) is 39.5 Å². The number of benzene rings is 4. The van der Waals surface area contributed by atoms with Crippen LogP contribution in [0.2, 0.25) is 0 Å². The molecule has 4 unspecified atom stereocenters. The molecule has 2 aromatic heterocycles. The number of nitrogens with one attached hydrogen (secondary N) is 4. The third kappa shape index (κ3) is 10.1. The number of carbonyl (C=O) groups is 4. The highest BCUT2D eigenvalue weighted by Gasteiger charge is 2.50. The van der Waals surface area contributed by atoms with Crippen LogP contribution in [-0.4, -0.2) is 84.8 Å². The molecule has 13 nitrogen and oxygen atoms in total. The first-order chi connectivity index (χ1) is 35.8. The number of imidazole rings is 2. The Balaban J connectivity index is 0.991. The molecule has 0 radical (unpaired) electrons. The number of hydrogen-bond acceptors (Lipinski definition) is 7. The molecule has 4 aliphatic rings. The Morgan fingerprint density at radius 3 is 1.64 bits per heavy atom. The number of aromatic amines is 2. The fourth-order valence-electron chi connectivity index (χ4n) is 13.2. The standard InChI is InChI=1S/C61H76N8O5/c1-8-38-29-45(41-26-28-47-49(32-41)65-57(63-47)52-33-42-19-13-15-21-50(42)68(52)59(71)55(35(3)4)66-54(70)9-2)39(24-23-37-17-11-10-12-18-37)30-44(38)40-25-27-46-48(31-40)64-58(62-46)53-34-43-20-14-16-22-51(43)69(53)60(72)56(36(5)6)67-61(73)74-7/h10-12,17-18,25-32,35-36,42-43,50-53,55-56H,8-9,13-16,19-24,33-34H2,1-7H3,(H,62,64)(H,63,65)(H,66,70)(H,67,73)/t42?,43?,50?,51?,52-,53-,55-,56-/m0/s1. The van der Waals surface area contributed by atoms with E-state index < -0.39 is 18.2 Å². The zero-order valence-electron chi connectivity index (χ0n) is 44.5. The quantitative estimate of drug-likeness (QED) is 0.0795. The van der Waals surface area contributed by atoms with Gasteiger partial charge in [0.2, 0.25) is 17.7 Å². The maximum Gasteiger partial charge on any atom is 0.407 e. The number of aromatic nitrogens is 4. The van der Waals surface area contributed by atoms with Crippen LogP contribution in [0.5, 0.6) is 0 Å². The van der Waals surface area contributed by atoms with E-state index in [9.17, 15) is 19.2 Å². The molecule has 10 rings (SSSR count). The molecule has 4 amide bonds. The van der Waals surface area contributed by atoms with Gasteiger partial charge in [0.25, 0.3) is 0 Å². The number of hydrogen-bond donors (Lipinski definition) is 4. The Hall–Kier alpha value is -6.50. The first-order valence-electron chi connectivity index (χ1n) is 27.8. The summed E-state index contributed by atoms with van der Waals surface area (Å²) in [5.74, 6) is 2.04. The summed E-state index contributed by atoms with van der Waals surface area (Å²) in [4.78, 5) is 76.5. The van der Waals surface area contributed by atoms with E-state index in [-0.39, 0.29) is 53.7 Å². The average molecular weight is 1000 g/mol. The van der Waals surface area contributed by atoms with Gasteiger partial charge in [-0.25, -0.2) is 14.8 Å². The van der Waals surface area contributed by atoms with Gasteiger partial charge in [0.1, 0.15) is 23.7 Å². The van der Waals surface area contributed by atoms with Gasteiger partial charge in [-0.1, -0.05) is 122 Å². The number of rotatable bonds is 15. The molecule has 74 heavy (non-hydrogen) atoms. The van der Waals surface area contributed by atoms with Crippen molar-refractivity contribution in [2.75, 3.05) is 7.11 Å². The number of alkyl carbamates (subject to hydrolysis) is 1. The van der Waals surface area contributed by atoms with Gasteiger partial charge in [0.15, 0.2) is 0 Å². The smallest absolute Gasteiger partial charge is 0.407 e. The van der Waals surface area contributed by atoms with Crippen molar-refractivity contribution in [3.05, 3.63) is 107 Å². The maximum atomic E-state index is 14.6. The van der Waals surface area contributed by atoms with Gasteiger partial charge >= 0.3 is 6.09 Å². The van der Waals surface area contributed by atoms with Crippen LogP contribution in [0, 0.1) is 23.7 Å². The molecular weight excluding hydrogens is 925 g/mol. The molecular formula is C61H76N8O5. The number of methoxy groups -OCH3 is 1. The Labute approximate surface area is 436 Å². The molecule has 8 atom stereocenters. The van der Waals surface area contributed by atoms with Crippen LogP contribution in [-0.2, 0) is 38.4 Å². The zero-order chi connectivity index (χ0) is 51.8. The summed E-state index contributed by atoms with van der Waals surface area (Å²) in [6, 6.07) is 27.0. The summed E-state index contributed by atoms with van der Waals surface area (Å²) in [6.07, 6.45) is 12.6. The van der Waals surface area contributed by atoms with Crippen molar-refractivity contribution in [3.63, 3.8) is 0 Å². The van der Waals surface area contributed by atoms with Crippen molar-refractivity contribution in [1.29, 1.82) is 0 Å². The minimum atomic E-state index is -0.707. The van der Waals surface area contributed by atoms with Crippen LogP contribution < -0.4 is 10.6 Å². The number of nitrogens with zero attached hydrogens (tertiary/aromatic N) is 4. The van der Waals surface area contributed by atoms with Crippen molar-refractivity contribution in [2.45, 2.75) is 168 Å². The number of likely N-dealkylation sites (tertiary alicyclic amines) is 2. The molecule has 2 aliphatic carbocycles. The second kappa shape index (κ2) is 21.8. The molecule has 2 aliphatic heterocycles. The monoisotopic (exact) mass is 1000 g/mol. The SMILES string of the molecule is CCC(=O)N[C@H](C(=O)N1C2CCCCC2C[C@H]1c1nc2cc(-c3cc(CC)c(-c4ccc5[nH]c([C@@H]6CC7CCCCC7N6C(=O)[C@@H](NC(=O)OC)C(C)C)nc5c4)cc3CCc3ccccc3)ccc2[nH]1)C(C)C. The maximum absolute atomic E-state index is 14.6. The molecule has 13 heteroatoms. The van der Waals surface area contributed by atoms with Gasteiger partial charge in [-0.3, -0.25) is 14.4 Å². The third-order valence-corrected chi connectivity index (χ3v) is 17.1. The van der Waals surface area contributed by atoms with Gasteiger partial charge in [-0.15, -0.1) is 0 Å². The molecule has 0 bridgehead atoms. The van der Waals surface area contributed by atoms with Gasteiger partial charge in [0, 0.05) is 18.5 Å². The fourth-order valence-corrected chi connectivity index (χ4v) is 13.2.